The summed E-state index contributed by atoms with van der Waals surface area (Å²) in [5.41, 5.74) is 0.977. The molecule has 3 rings (SSSR count). The van der Waals surface area contributed by atoms with Crippen LogP contribution in [0.25, 0.3) is 0 Å². The Labute approximate surface area is 104 Å². The van der Waals surface area contributed by atoms with Gasteiger partial charge in [0.15, 0.2) is 0 Å². The summed E-state index contributed by atoms with van der Waals surface area (Å²) in [5, 5.41) is 3.17. The second kappa shape index (κ2) is 4.64. The first-order valence-electron chi connectivity index (χ1n) is 6.13. The van der Waals surface area contributed by atoms with E-state index in [0.717, 1.165) is 37.3 Å². The van der Waals surface area contributed by atoms with Crippen molar-refractivity contribution in [1.29, 1.82) is 0 Å². The average Bonchev–Trinajstić information content (AvgIpc) is 3.08. The van der Waals surface area contributed by atoms with E-state index in [-0.39, 0.29) is 5.56 Å². The molecule has 0 bridgehead atoms. The first-order chi connectivity index (χ1) is 8.81. The van der Waals surface area contributed by atoms with Crippen LogP contribution < -0.4 is 10.9 Å². The van der Waals surface area contributed by atoms with E-state index in [1.807, 2.05) is 0 Å². The molecule has 0 atom stereocenters. The molecule has 1 aliphatic rings. The summed E-state index contributed by atoms with van der Waals surface area (Å²) in [6, 6.07) is 1.50. The summed E-state index contributed by atoms with van der Waals surface area (Å²) < 4.78 is 0. The molecule has 0 aliphatic heterocycles. The van der Waals surface area contributed by atoms with Crippen LogP contribution in [0.15, 0.2) is 23.4 Å². The molecule has 1 aliphatic carbocycles. The highest BCUT2D eigenvalue weighted by Crippen LogP contribution is 2.37. The van der Waals surface area contributed by atoms with Crippen molar-refractivity contribution in [2.75, 3.05) is 11.9 Å². The Bertz CT molecular complexity index is 570. The molecule has 0 saturated heterocycles. The van der Waals surface area contributed by atoms with Crippen LogP contribution in [0, 0.1) is 0 Å². The van der Waals surface area contributed by atoms with E-state index in [2.05, 4.69) is 25.3 Å². The molecule has 6 heteroatoms. The highest BCUT2D eigenvalue weighted by molar-refractivity contribution is 5.34. The van der Waals surface area contributed by atoms with Gasteiger partial charge in [0.2, 0.25) is 0 Å². The van der Waals surface area contributed by atoms with Gasteiger partial charge in [-0.05, 0) is 12.8 Å². The monoisotopic (exact) mass is 245 g/mol. The number of hydrogen-bond acceptors (Lipinski definition) is 4. The van der Waals surface area contributed by atoms with Crippen molar-refractivity contribution in [1.82, 2.24) is 19.9 Å². The highest BCUT2D eigenvalue weighted by Gasteiger charge is 2.26. The van der Waals surface area contributed by atoms with E-state index in [4.69, 9.17) is 0 Å². The van der Waals surface area contributed by atoms with Crippen molar-refractivity contribution in [2.45, 2.75) is 25.2 Å². The molecule has 0 radical (unpaired) electrons. The highest BCUT2D eigenvalue weighted by atomic mass is 16.1. The zero-order valence-corrected chi connectivity index (χ0v) is 9.94. The number of hydrogen-bond donors (Lipinski definition) is 3. The van der Waals surface area contributed by atoms with E-state index in [9.17, 15) is 4.79 Å². The lowest BCUT2D eigenvalue weighted by atomic mass is 10.3. The molecule has 18 heavy (non-hydrogen) atoms. The number of imidazole rings is 1. The molecule has 2 aromatic heterocycles. The van der Waals surface area contributed by atoms with Crippen molar-refractivity contribution in [2.24, 2.45) is 0 Å². The lowest BCUT2D eigenvalue weighted by molar-refractivity contribution is 0.895. The van der Waals surface area contributed by atoms with Crippen molar-refractivity contribution in [3.8, 4) is 0 Å². The molecule has 1 fully saturated rings. The number of aromatic nitrogens is 4. The topological polar surface area (TPSA) is 86.5 Å². The third-order valence-corrected chi connectivity index (χ3v) is 2.98. The van der Waals surface area contributed by atoms with E-state index >= 15 is 0 Å². The molecule has 2 heterocycles. The van der Waals surface area contributed by atoms with E-state index in [1.54, 1.807) is 12.5 Å². The number of aromatic amines is 2. The normalized spacial score (nSPS) is 14.7. The van der Waals surface area contributed by atoms with Crippen LogP contribution in [0.1, 0.15) is 30.3 Å². The van der Waals surface area contributed by atoms with Crippen molar-refractivity contribution in [3.05, 3.63) is 40.5 Å². The molecule has 0 spiro atoms. The smallest absolute Gasteiger partial charge is 0.252 e. The molecular weight excluding hydrogens is 230 g/mol. The molecular formula is C12H15N5O. The minimum Gasteiger partial charge on any atom is -0.369 e. The van der Waals surface area contributed by atoms with E-state index in [1.165, 1.54) is 6.07 Å². The number of nitrogens with one attached hydrogen (secondary N) is 3. The minimum absolute atomic E-state index is 0.0871. The predicted octanol–water partition coefficient (Wildman–Crippen LogP) is 1.02. The standard InChI is InChI=1S/C12H15N5O/c18-11-5-10(16-12(17-11)8-1-2-8)14-4-3-9-6-13-7-15-9/h5-8H,1-4H2,(H,13,15)(H2,14,16,17,18). The van der Waals surface area contributed by atoms with Gasteiger partial charge in [0.25, 0.3) is 5.56 Å². The SMILES string of the molecule is O=c1cc(NCCc2cnc[nH]2)nc(C2CC2)[nH]1. The molecule has 2 aromatic rings. The Hall–Kier alpha value is -2.11. The molecule has 0 unspecified atom stereocenters. The number of rotatable bonds is 5. The third kappa shape index (κ3) is 2.58. The Balaban J connectivity index is 1.63. The van der Waals surface area contributed by atoms with Gasteiger partial charge in [-0.2, -0.15) is 0 Å². The maximum atomic E-state index is 11.5. The van der Waals surface area contributed by atoms with Crippen molar-refractivity contribution >= 4 is 5.82 Å². The second-order valence-electron chi connectivity index (χ2n) is 4.54. The maximum absolute atomic E-state index is 11.5. The predicted molar refractivity (Wildman–Crippen MR) is 67.6 cm³/mol. The molecule has 6 nitrogen and oxygen atoms in total. The number of nitrogens with zero attached hydrogens (tertiary/aromatic N) is 2. The molecule has 3 N–H and O–H groups in total. The zero-order valence-electron chi connectivity index (χ0n) is 9.94. The van der Waals surface area contributed by atoms with Gasteiger partial charge in [-0.1, -0.05) is 0 Å². The fraction of sp³-hybridized carbons (Fsp3) is 0.417. The number of anilines is 1. The summed E-state index contributed by atoms with van der Waals surface area (Å²) >= 11 is 0. The quantitative estimate of drug-likeness (QED) is 0.734. The third-order valence-electron chi connectivity index (χ3n) is 2.98. The van der Waals surface area contributed by atoms with Crippen molar-refractivity contribution < 1.29 is 0 Å². The maximum Gasteiger partial charge on any atom is 0.252 e. The average molecular weight is 245 g/mol. The van der Waals surface area contributed by atoms with Gasteiger partial charge < -0.3 is 15.3 Å². The van der Waals surface area contributed by atoms with Crippen LogP contribution in [0.5, 0.6) is 0 Å². The Morgan fingerprint density at radius 2 is 2.33 bits per heavy atom. The summed E-state index contributed by atoms with van der Waals surface area (Å²) in [6.07, 6.45) is 6.53. The van der Waals surface area contributed by atoms with Crippen LogP contribution in [0.3, 0.4) is 0 Å². The van der Waals surface area contributed by atoms with Gasteiger partial charge in [0.1, 0.15) is 11.6 Å². The molecule has 1 saturated carbocycles. The number of H-pyrrole nitrogens is 2. The van der Waals surface area contributed by atoms with Gasteiger partial charge in [-0.15, -0.1) is 0 Å². The van der Waals surface area contributed by atoms with Crippen LogP contribution in [-0.2, 0) is 6.42 Å². The molecule has 94 valence electrons. The van der Waals surface area contributed by atoms with Gasteiger partial charge in [0.05, 0.1) is 6.33 Å². The Morgan fingerprint density at radius 1 is 1.44 bits per heavy atom. The molecule has 0 amide bonds. The fourth-order valence-corrected chi connectivity index (χ4v) is 1.86. The largest absolute Gasteiger partial charge is 0.369 e. The summed E-state index contributed by atoms with van der Waals surface area (Å²) in [5.74, 6) is 1.92. The van der Waals surface area contributed by atoms with Gasteiger partial charge in [-0.3, -0.25) is 4.79 Å². The second-order valence-corrected chi connectivity index (χ2v) is 4.54. The van der Waals surface area contributed by atoms with Crippen LogP contribution in [-0.4, -0.2) is 26.5 Å². The fourth-order valence-electron chi connectivity index (χ4n) is 1.86. The minimum atomic E-state index is -0.0871. The summed E-state index contributed by atoms with van der Waals surface area (Å²) in [7, 11) is 0. The lowest BCUT2D eigenvalue weighted by Crippen LogP contribution is -2.14. The van der Waals surface area contributed by atoms with E-state index < -0.39 is 0 Å². The van der Waals surface area contributed by atoms with Gasteiger partial charge >= 0.3 is 0 Å². The Kier molecular flexibility index (Phi) is 2.84. The van der Waals surface area contributed by atoms with Crippen molar-refractivity contribution in [3.63, 3.8) is 0 Å². The van der Waals surface area contributed by atoms with Gasteiger partial charge in [-0.25, -0.2) is 9.97 Å². The first kappa shape index (κ1) is 11.0. The Morgan fingerprint density at radius 3 is 3.06 bits per heavy atom. The molecule has 0 aromatic carbocycles. The first-order valence-corrected chi connectivity index (χ1v) is 6.13. The summed E-state index contributed by atoms with van der Waals surface area (Å²) in [4.78, 5) is 25.7. The van der Waals surface area contributed by atoms with Crippen LogP contribution in [0.4, 0.5) is 5.82 Å². The summed E-state index contributed by atoms with van der Waals surface area (Å²) in [6.45, 7) is 0.725. The zero-order chi connectivity index (χ0) is 12.4. The van der Waals surface area contributed by atoms with Crippen LogP contribution >= 0.6 is 0 Å². The van der Waals surface area contributed by atoms with Gasteiger partial charge in [0, 0.05) is 36.8 Å². The van der Waals surface area contributed by atoms with Crippen LogP contribution in [0.2, 0.25) is 0 Å². The van der Waals surface area contributed by atoms with E-state index in [0.29, 0.717) is 11.7 Å². The lowest BCUT2D eigenvalue weighted by Gasteiger charge is -2.05.